The Labute approximate surface area is 103 Å². The van der Waals surface area contributed by atoms with Crippen molar-refractivity contribution in [2.75, 3.05) is 0 Å². The SMILES string of the molecule is CC=C=CC(C)C(C)C(CC)CC(C)CC. The molecular weight excluding hydrogens is 192 g/mol. The summed E-state index contributed by atoms with van der Waals surface area (Å²) in [6, 6.07) is 0. The Morgan fingerprint density at radius 1 is 1.06 bits per heavy atom. The van der Waals surface area contributed by atoms with Gasteiger partial charge in [0, 0.05) is 0 Å². The molecule has 0 aliphatic heterocycles. The maximum absolute atomic E-state index is 3.23. The molecule has 0 nitrogen and oxygen atoms in total. The minimum absolute atomic E-state index is 0.644. The fourth-order valence-corrected chi connectivity index (χ4v) is 2.27. The zero-order chi connectivity index (χ0) is 12.6. The van der Waals surface area contributed by atoms with E-state index in [4.69, 9.17) is 0 Å². The average Bonchev–Trinajstić information content (AvgIpc) is 2.31. The Balaban J connectivity index is 4.39. The molecule has 0 amide bonds. The Kier molecular flexibility index (Phi) is 8.39. The molecule has 4 unspecified atom stereocenters. The van der Waals surface area contributed by atoms with Gasteiger partial charge >= 0.3 is 0 Å². The molecule has 0 aromatic rings. The van der Waals surface area contributed by atoms with Crippen LogP contribution in [0.3, 0.4) is 0 Å². The first-order valence-electron chi connectivity index (χ1n) is 6.93. The second-order valence-corrected chi connectivity index (χ2v) is 5.26. The van der Waals surface area contributed by atoms with Crippen LogP contribution in [0.1, 0.15) is 60.8 Å². The number of hydrogen-bond acceptors (Lipinski definition) is 0. The zero-order valence-corrected chi connectivity index (χ0v) is 12.1. The van der Waals surface area contributed by atoms with E-state index in [0.29, 0.717) is 5.92 Å². The fraction of sp³-hybridized carbons (Fsp3) is 0.812. The van der Waals surface area contributed by atoms with Gasteiger partial charge in [0.2, 0.25) is 0 Å². The maximum Gasteiger partial charge on any atom is -0.0158 e. The second-order valence-electron chi connectivity index (χ2n) is 5.26. The maximum atomic E-state index is 3.23. The third-order valence-corrected chi connectivity index (χ3v) is 4.03. The molecule has 0 aliphatic carbocycles. The lowest BCUT2D eigenvalue weighted by atomic mass is 9.77. The van der Waals surface area contributed by atoms with Crippen LogP contribution in [-0.2, 0) is 0 Å². The second kappa shape index (κ2) is 8.65. The molecule has 0 N–H and O–H groups in total. The van der Waals surface area contributed by atoms with Gasteiger partial charge in [-0.2, -0.15) is 0 Å². The van der Waals surface area contributed by atoms with Gasteiger partial charge in [-0.3, -0.25) is 0 Å². The predicted molar refractivity (Wildman–Crippen MR) is 74.5 cm³/mol. The lowest BCUT2D eigenvalue weighted by Crippen LogP contribution is -2.19. The summed E-state index contributed by atoms with van der Waals surface area (Å²) in [4.78, 5) is 0. The Bertz CT molecular complexity index is 220. The molecule has 0 heterocycles. The highest BCUT2D eigenvalue weighted by molar-refractivity contribution is 4.90. The highest BCUT2D eigenvalue weighted by Crippen LogP contribution is 2.30. The van der Waals surface area contributed by atoms with Gasteiger partial charge in [0.15, 0.2) is 0 Å². The third kappa shape index (κ3) is 5.56. The van der Waals surface area contributed by atoms with E-state index in [1.165, 1.54) is 19.3 Å². The number of hydrogen-bond donors (Lipinski definition) is 0. The van der Waals surface area contributed by atoms with Crippen LogP contribution >= 0.6 is 0 Å². The van der Waals surface area contributed by atoms with Crippen molar-refractivity contribution in [3.63, 3.8) is 0 Å². The van der Waals surface area contributed by atoms with Gasteiger partial charge in [-0.05, 0) is 49.2 Å². The van der Waals surface area contributed by atoms with Crippen LogP contribution in [0.4, 0.5) is 0 Å². The van der Waals surface area contributed by atoms with Crippen molar-refractivity contribution in [3.05, 3.63) is 17.9 Å². The average molecular weight is 222 g/mol. The molecule has 0 aliphatic rings. The van der Waals surface area contributed by atoms with E-state index in [1.807, 2.05) is 13.0 Å². The summed E-state index contributed by atoms with van der Waals surface area (Å²) in [5, 5.41) is 0. The topological polar surface area (TPSA) is 0 Å². The minimum Gasteiger partial charge on any atom is -0.130 e. The first-order chi connectivity index (χ1) is 7.56. The van der Waals surface area contributed by atoms with E-state index < -0.39 is 0 Å². The Morgan fingerprint density at radius 3 is 2.12 bits per heavy atom. The molecule has 94 valence electrons. The van der Waals surface area contributed by atoms with E-state index in [9.17, 15) is 0 Å². The smallest absolute Gasteiger partial charge is 0.0158 e. The molecule has 16 heavy (non-hydrogen) atoms. The molecule has 0 fully saturated rings. The molecule has 0 aromatic carbocycles. The van der Waals surface area contributed by atoms with E-state index in [-0.39, 0.29) is 0 Å². The number of rotatable bonds is 7. The lowest BCUT2D eigenvalue weighted by molar-refractivity contribution is 0.240. The lowest BCUT2D eigenvalue weighted by Gasteiger charge is -2.28. The molecule has 0 saturated carbocycles. The van der Waals surface area contributed by atoms with Crippen LogP contribution < -0.4 is 0 Å². The number of allylic oxidation sites excluding steroid dienone is 1. The largest absolute Gasteiger partial charge is 0.130 e. The van der Waals surface area contributed by atoms with Crippen LogP contribution in [0.2, 0.25) is 0 Å². The molecular formula is C16H30. The van der Waals surface area contributed by atoms with Crippen LogP contribution in [0.15, 0.2) is 17.9 Å². The fourth-order valence-electron chi connectivity index (χ4n) is 2.27. The molecule has 0 aromatic heterocycles. The standard InChI is InChI=1S/C16H30/c1-7-10-11-14(5)15(6)16(9-3)12-13(4)8-2/h7,11,13-16H,8-9,12H2,1-6H3. The van der Waals surface area contributed by atoms with Crippen LogP contribution in [0, 0.1) is 23.7 Å². The summed E-state index contributed by atoms with van der Waals surface area (Å²) >= 11 is 0. The highest BCUT2D eigenvalue weighted by Gasteiger charge is 2.21. The monoisotopic (exact) mass is 222 g/mol. The van der Waals surface area contributed by atoms with Gasteiger partial charge < -0.3 is 0 Å². The van der Waals surface area contributed by atoms with Crippen molar-refractivity contribution in [2.45, 2.75) is 60.8 Å². The van der Waals surface area contributed by atoms with Crippen LogP contribution in [0.5, 0.6) is 0 Å². The third-order valence-electron chi connectivity index (χ3n) is 4.03. The predicted octanol–water partition coefficient (Wildman–Crippen LogP) is 5.45. The zero-order valence-electron chi connectivity index (χ0n) is 12.1. The van der Waals surface area contributed by atoms with E-state index >= 15 is 0 Å². The van der Waals surface area contributed by atoms with Gasteiger partial charge in [-0.25, -0.2) is 0 Å². The highest BCUT2D eigenvalue weighted by atomic mass is 14.3. The summed E-state index contributed by atoms with van der Waals surface area (Å²) in [6.07, 6.45) is 8.22. The molecule has 0 radical (unpaired) electrons. The van der Waals surface area contributed by atoms with E-state index in [1.54, 1.807) is 0 Å². The molecule has 0 saturated heterocycles. The normalized spacial score (nSPS) is 18.1. The van der Waals surface area contributed by atoms with Crippen molar-refractivity contribution in [2.24, 2.45) is 23.7 Å². The van der Waals surface area contributed by atoms with Gasteiger partial charge in [-0.15, -0.1) is 5.73 Å². The first kappa shape index (κ1) is 15.5. The van der Waals surface area contributed by atoms with Crippen molar-refractivity contribution in [1.29, 1.82) is 0 Å². The summed E-state index contributed by atoms with van der Waals surface area (Å²) < 4.78 is 0. The van der Waals surface area contributed by atoms with E-state index in [2.05, 4.69) is 46.4 Å². The molecule has 0 heteroatoms. The van der Waals surface area contributed by atoms with Gasteiger partial charge in [0.25, 0.3) is 0 Å². The van der Waals surface area contributed by atoms with Crippen molar-refractivity contribution in [3.8, 4) is 0 Å². The van der Waals surface area contributed by atoms with E-state index in [0.717, 1.165) is 17.8 Å². The van der Waals surface area contributed by atoms with Gasteiger partial charge in [0.1, 0.15) is 0 Å². The summed E-state index contributed by atoms with van der Waals surface area (Å²) in [5.74, 6) is 3.14. The molecule has 0 bridgehead atoms. The summed E-state index contributed by atoms with van der Waals surface area (Å²) in [7, 11) is 0. The van der Waals surface area contributed by atoms with Crippen molar-refractivity contribution in [1.82, 2.24) is 0 Å². The van der Waals surface area contributed by atoms with Crippen molar-refractivity contribution >= 4 is 0 Å². The van der Waals surface area contributed by atoms with Gasteiger partial charge in [0.05, 0.1) is 0 Å². The van der Waals surface area contributed by atoms with Crippen LogP contribution in [0.25, 0.3) is 0 Å². The van der Waals surface area contributed by atoms with Crippen molar-refractivity contribution < 1.29 is 0 Å². The Morgan fingerprint density at radius 2 is 1.69 bits per heavy atom. The summed E-state index contributed by atoms with van der Waals surface area (Å²) in [5.41, 5.74) is 3.23. The Hall–Kier alpha value is -0.480. The molecule has 0 rings (SSSR count). The summed E-state index contributed by atoms with van der Waals surface area (Å²) in [6.45, 7) is 13.8. The van der Waals surface area contributed by atoms with Gasteiger partial charge in [-0.1, -0.05) is 47.5 Å². The van der Waals surface area contributed by atoms with Crippen LogP contribution in [-0.4, -0.2) is 0 Å². The molecule has 4 atom stereocenters. The quantitative estimate of drug-likeness (QED) is 0.502. The first-order valence-corrected chi connectivity index (χ1v) is 6.93. The minimum atomic E-state index is 0.644. The molecule has 0 spiro atoms.